The van der Waals surface area contributed by atoms with Gasteiger partial charge in [0.25, 0.3) is 0 Å². The summed E-state index contributed by atoms with van der Waals surface area (Å²) >= 11 is 0. The van der Waals surface area contributed by atoms with Crippen LogP contribution >= 0.6 is 0 Å². The van der Waals surface area contributed by atoms with Crippen LogP contribution in [0.25, 0.3) is 0 Å². The van der Waals surface area contributed by atoms with Crippen molar-refractivity contribution in [3.05, 3.63) is 5.69 Å². The van der Waals surface area contributed by atoms with Gasteiger partial charge in [-0.25, -0.2) is 8.42 Å². The maximum Gasteiger partial charge on any atom is 0.248 e. The minimum absolute atomic E-state index is 0.0915. The van der Waals surface area contributed by atoms with E-state index in [1.165, 1.54) is 4.68 Å². The maximum atomic E-state index is 12.7. The summed E-state index contributed by atoms with van der Waals surface area (Å²) in [6.45, 7) is 7.23. The van der Waals surface area contributed by atoms with Gasteiger partial charge in [-0.05, 0) is 25.2 Å². The molecule has 1 fully saturated rings. The van der Waals surface area contributed by atoms with Crippen molar-refractivity contribution < 1.29 is 8.42 Å². The number of rotatable bonds is 3. The normalized spacial score (nSPS) is 20.2. The molecule has 0 amide bonds. The number of anilines is 1. The Balaban J connectivity index is 2.29. The molecule has 114 valence electrons. The molecule has 0 atom stereocenters. The quantitative estimate of drug-likeness (QED) is 0.917. The summed E-state index contributed by atoms with van der Waals surface area (Å²) in [4.78, 5) is 0.167. The van der Waals surface area contributed by atoms with E-state index in [1.54, 1.807) is 18.3 Å². The highest BCUT2D eigenvalue weighted by Gasteiger charge is 2.37. The van der Waals surface area contributed by atoms with Gasteiger partial charge in [0.15, 0.2) is 5.82 Å². The molecule has 20 heavy (non-hydrogen) atoms. The molecule has 7 heteroatoms. The third kappa shape index (κ3) is 2.44. The summed E-state index contributed by atoms with van der Waals surface area (Å²) in [5, 5.41) is 4.01. The second-order valence-corrected chi connectivity index (χ2v) is 7.87. The Morgan fingerprint density at radius 3 is 2.30 bits per heavy atom. The molecule has 2 rings (SSSR count). The molecule has 6 nitrogen and oxygen atoms in total. The van der Waals surface area contributed by atoms with Crippen LogP contribution in [-0.2, 0) is 17.1 Å². The van der Waals surface area contributed by atoms with Crippen LogP contribution in [0.1, 0.15) is 38.8 Å². The molecule has 1 aliphatic heterocycles. The largest absolute Gasteiger partial charge is 0.381 e. The van der Waals surface area contributed by atoms with Gasteiger partial charge in [-0.1, -0.05) is 20.3 Å². The van der Waals surface area contributed by atoms with Crippen LogP contribution in [0, 0.1) is 12.3 Å². The van der Waals surface area contributed by atoms with Crippen molar-refractivity contribution in [2.45, 2.75) is 44.9 Å². The highest BCUT2D eigenvalue weighted by molar-refractivity contribution is 7.89. The standard InChI is InChI=1S/C13H24N4O2S/c1-5-13(3)6-8-17(9-7-13)20(18,19)11-10(2)16(4)15-12(11)14/h5-9H2,1-4H3,(H2,14,15). The predicted octanol–water partition coefficient (Wildman–Crippen LogP) is 1.51. The summed E-state index contributed by atoms with van der Waals surface area (Å²) in [5.74, 6) is 0.0915. The first-order valence-corrected chi connectivity index (χ1v) is 8.44. The van der Waals surface area contributed by atoms with Crippen LogP contribution in [-0.4, -0.2) is 35.6 Å². The lowest BCUT2D eigenvalue weighted by Crippen LogP contribution is -2.42. The van der Waals surface area contributed by atoms with E-state index in [-0.39, 0.29) is 16.1 Å². The summed E-state index contributed by atoms with van der Waals surface area (Å²) < 4.78 is 28.5. The van der Waals surface area contributed by atoms with Crippen LogP contribution in [0.15, 0.2) is 4.90 Å². The molecule has 0 saturated carbocycles. The lowest BCUT2D eigenvalue weighted by molar-refractivity contribution is 0.169. The van der Waals surface area contributed by atoms with Crippen molar-refractivity contribution in [3.63, 3.8) is 0 Å². The molecule has 0 radical (unpaired) electrons. The zero-order valence-electron chi connectivity index (χ0n) is 12.7. The Morgan fingerprint density at radius 2 is 1.90 bits per heavy atom. The Bertz CT molecular complexity index is 598. The Kier molecular flexibility index (Phi) is 3.85. The molecular weight excluding hydrogens is 276 g/mol. The number of nitrogens with two attached hydrogens (primary N) is 1. The minimum Gasteiger partial charge on any atom is -0.381 e. The van der Waals surface area contributed by atoms with Gasteiger partial charge < -0.3 is 5.73 Å². The number of nitrogens with zero attached hydrogens (tertiary/aromatic N) is 3. The van der Waals surface area contributed by atoms with E-state index in [1.807, 2.05) is 0 Å². The Hall–Kier alpha value is -1.08. The number of hydrogen-bond donors (Lipinski definition) is 1. The van der Waals surface area contributed by atoms with E-state index in [4.69, 9.17) is 5.73 Å². The van der Waals surface area contributed by atoms with Gasteiger partial charge in [0.05, 0.1) is 5.69 Å². The summed E-state index contributed by atoms with van der Waals surface area (Å²) in [6.07, 6.45) is 2.86. The first kappa shape index (κ1) is 15.3. The van der Waals surface area contributed by atoms with Crippen molar-refractivity contribution in [3.8, 4) is 0 Å². The molecule has 0 aliphatic carbocycles. The molecule has 1 aliphatic rings. The highest BCUT2D eigenvalue weighted by Crippen LogP contribution is 2.36. The lowest BCUT2D eigenvalue weighted by Gasteiger charge is -2.38. The molecule has 2 heterocycles. The number of nitrogen functional groups attached to an aromatic ring is 1. The number of aromatic nitrogens is 2. The monoisotopic (exact) mass is 300 g/mol. The topological polar surface area (TPSA) is 81.2 Å². The van der Waals surface area contributed by atoms with Crippen LogP contribution in [0.3, 0.4) is 0 Å². The zero-order valence-corrected chi connectivity index (χ0v) is 13.5. The first-order chi connectivity index (χ1) is 9.21. The van der Waals surface area contributed by atoms with Crippen LogP contribution in [0.4, 0.5) is 5.82 Å². The molecule has 0 spiro atoms. The van der Waals surface area contributed by atoms with E-state index in [0.717, 1.165) is 19.3 Å². The van der Waals surface area contributed by atoms with Crippen molar-refractivity contribution in [2.75, 3.05) is 18.8 Å². The van der Waals surface area contributed by atoms with Crippen molar-refractivity contribution in [1.82, 2.24) is 14.1 Å². The molecule has 0 bridgehead atoms. The first-order valence-electron chi connectivity index (χ1n) is 7.00. The number of piperidine rings is 1. The van der Waals surface area contributed by atoms with Gasteiger partial charge in [0, 0.05) is 20.1 Å². The average Bonchev–Trinajstić information content (AvgIpc) is 2.64. The molecule has 1 aromatic rings. The lowest BCUT2D eigenvalue weighted by atomic mass is 9.79. The fourth-order valence-electron chi connectivity index (χ4n) is 2.68. The smallest absolute Gasteiger partial charge is 0.248 e. The van der Waals surface area contributed by atoms with Gasteiger partial charge >= 0.3 is 0 Å². The van der Waals surface area contributed by atoms with E-state index in [9.17, 15) is 8.42 Å². The third-order valence-electron chi connectivity index (χ3n) is 4.69. The number of aryl methyl sites for hydroxylation is 1. The Morgan fingerprint density at radius 1 is 1.35 bits per heavy atom. The minimum atomic E-state index is -3.54. The summed E-state index contributed by atoms with van der Waals surface area (Å²) in [7, 11) is -1.83. The Labute approximate surface area is 121 Å². The fraction of sp³-hybridized carbons (Fsp3) is 0.769. The molecule has 1 saturated heterocycles. The van der Waals surface area contributed by atoms with Crippen molar-refractivity contribution in [2.24, 2.45) is 12.5 Å². The van der Waals surface area contributed by atoms with E-state index >= 15 is 0 Å². The summed E-state index contributed by atoms with van der Waals surface area (Å²) in [5.41, 5.74) is 6.62. The van der Waals surface area contributed by atoms with Crippen molar-refractivity contribution >= 4 is 15.8 Å². The van der Waals surface area contributed by atoms with Gasteiger partial charge in [0.1, 0.15) is 4.90 Å². The molecule has 2 N–H and O–H groups in total. The fourth-order valence-corrected chi connectivity index (χ4v) is 4.41. The average molecular weight is 300 g/mol. The van der Waals surface area contributed by atoms with E-state index in [2.05, 4.69) is 18.9 Å². The molecular formula is C13H24N4O2S. The zero-order chi connectivity index (χ0) is 15.1. The molecule has 1 aromatic heterocycles. The third-order valence-corrected chi connectivity index (χ3v) is 6.75. The van der Waals surface area contributed by atoms with Gasteiger partial charge in [-0.15, -0.1) is 0 Å². The SMILES string of the molecule is CCC1(C)CCN(S(=O)(=O)c2c(N)nn(C)c2C)CC1. The second kappa shape index (κ2) is 5.04. The van der Waals surface area contributed by atoms with Crippen molar-refractivity contribution in [1.29, 1.82) is 0 Å². The van der Waals surface area contributed by atoms with Gasteiger partial charge in [-0.3, -0.25) is 4.68 Å². The maximum absolute atomic E-state index is 12.7. The van der Waals surface area contributed by atoms with E-state index < -0.39 is 10.0 Å². The predicted molar refractivity (Wildman–Crippen MR) is 78.7 cm³/mol. The second-order valence-electron chi connectivity index (χ2n) is 5.99. The highest BCUT2D eigenvalue weighted by atomic mass is 32.2. The van der Waals surface area contributed by atoms with Gasteiger partial charge in [-0.2, -0.15) is 9.40 Å². The van der Waals surface area contributed by atoms with Crippen LogP contribution in [0.5, 0.6) is 0 Å². The number of sulfonamides is 1. The van der Waals surface area contributed by atoms with E-state index in [0.29, 0.717) is 18.8 Å². The van der Waals surface area contributed by atoms with Crippen LogP contribution < -0.4 is 5.73 Å². The number of hydrogen-bond acceptors (Lipinski definition) is 4. The molecule has 0 unspecified atom stereocenters. The van der Waals surface area contributed by atoms with Gasteiger partial charge in [0.2, 0.25) is 10.0 Å². The molecule has 0 aromatic carbocycles. The van der Waals surface area contributed by atoms with Crippen LogP contribution in [0.2, 0.25) is 0 Å². The summed E-state index contributed by atoms with van der Waals surface area (Å²) in [6, 6.07) is 0.